The second-order valence-corrected chi connectivity index (χ2v) is 5.69. The number of nitriles is 2. The Morgan fingerprint density at radius 2 is 2.14 bits per heavy atom. The predicted octanol–water partition coefficient (Wildman–Crippen LogP) is 1.03. The summed E-state index contributed by atoms with van der Waals surface area (Å²) in [6.45, 7) is 2.60. The molecular weight excluding hydrogens is 264 g/mol. The summed E-state index contributed by atoms with van der Waals surface area (Å²) in [5.74, 6) is 0.543. The smallest absolute Gasteiger partial charge is 0.179 e. The Morgan fingerprint density at radius 3 is 2.95 bits per heavy atom. The topological polar surface area (TPSA) is 71.9 Å². The molecule has 0 bridgehead atoms. The number of aromatic nitrogens is 2. The molecule has 0 radical (unpaired) electrons. The molecule has 0 unspecified atom stereocenters. The fourth-order valence-corrected chi connectivity index (χ4v) is 3.56. The van der Waals surface area contributed by atoms with Crippen molar-refractivity contribution >= 4 is 11.0 Å². The van der Waals surface area contributed by atoms with Gasteiger partial charge in [-0.25, -0.2) is 9.66 Å². The molecular formula is C15H14N6. The van der Waals surface area contributed by atoms with Crippen molar-refractivity contribution in [2.75, 3.05) is 24.6 Å². The molecule has 1 aromatic heterocycles. The van der Waals surface area contributed by atoms with E-state index in [1.54, 1.807) is 6.07 Å². The average Bonchev–Trinajstić information content (AvgIpc) is 3.19. The van der Waals surface area contributed by atoms with Crippen LogP contribution in [0.3, 0.4) is 0 Å². The summed E-state index contributed by atoms with van der Waals surface area (Å²) in [7, 11) is 0. The number of hydrogen-bond acceptors (Lipinski definition) is 5. The lowest BCUT2D eigenvalue weighted by Gasteiger charge is -2.27. The molecule has 6 nitrogen and oxygen atoms in total. The van der Waals surface area contributed by atoms with E-state index in [2.05, 4.69) is 26.9 Å². The zero-order chi connectivity index (χ0) is 14.4. The number of rotatable bonds is 1. The first kappa shape index (κ1) is 12.0. The number of likely N-dealkylation sites (tertiary alicyclic amines) is 1. The van der Waals surface area contributed by atoms with Gasteiger partial charge in [0.25, 0.3) is 0 Å². The number of imidazole rings is 1. The number of fused-ring (bicyclic) bond motifs is 2. The fraction of sp³-hybridized carbons (Fsp3) is 0.400. The third-order valence-corrected chi connectivity index (χ3v) is 4.59. The van der Waals surface area contributed by atoms with Crippen LogP contribution in [0.2, 0.25) is 0 Å². The molecule has 0 amide bonds. The summed E-state index contributed by atoms with van der Waals surface area (Å²) in [6, 6.07) is 8.09. The molecule has 0 aliphatic carbocycles. The molecule has 4 rings (SSSR count). The van der Waals surface area contributed by atoms with Crippen LogP contribution in [-0.4, -0.2) is 40.2 Å². The van der Waals surface area contributed by atoms with Crippen LogP contribution in [0.1, 0.15) is 12.0 Å². The van der Waals surface area contributed by atoms with E-state index in [-0.39, 0.29) is 0 Å². The lowest BCUT2D eigenvalue weighted by molar-refractivity contribution is 0.438. The van der Waals surface area contributed by atoms with Gasteiger partial charge in [0.15, 0.2) is 6.19 Å². The van der Waals surface area contributed by atoms with Gasteiger partial charge in [-0.1, -0.05) is 0 Å². The first-order chi connectivity index (χ1) is 10.3. The summed E-state index contributed by atoms with van der Waals surface area (Å²) in [4.78, 5) is 6.26. The van der Waals surface area contributed by atoms with Crippen molar-refractivity contribution in [3.63, 3.8) is 0 Å². The van der Waals surface area contributed by atoms with Crippen LogP contribution in [0.5, 0.6) is 0 Å². The van der Waals surface area contributed by atoms with Crippen LogP contribution in [0, 0.1) is 28.7 Å². The van der Waals surface area contributed by atoms with Crippen molar-refractivity contribution in [3.8, 4) is 12.3 Å². The normalized spacial score (nSPS) is 24.1. The van der Waals surface area contributed by atoms with Gasteiger partial charge in [0.1, 0.15) is 6.33 Å². The highest BCUT2D eigenvalue weighted by Gasteiger charge is 2.41. The third-order valence-electron chi connectivity index (χ3n) is 4.59. The highest BCUT2D eigenvalue weighted by atomic mass is 15.6. The molecule has 6 heteroatoms. The molecule has 2 aliphatic rings. The van der Waals surface area contributed by atoms with Gasteiger partial charge >= 0.3 is 0 Å². The van der Waals surface area contributed by atoms with Crippen LogP contribution in [0.4, 0.5) is 0 Å². The Labute approximate surface area is 122 Å². The standard InChI is InChI=1S/C15H14N6/c16-6-11-1-2-13-14(5-11)21(10-18-13)20-4-3-12-7-19(9-17)8-15(12)20/h1-2,5,10,12,15H,3-4,7-8H2/t12-,15+/m1/s1. The van der Waals surface area contributed by atoms with E-state index >= 15 is 0 Å². The molecule has 21 heavy (non-hydrogen) atoms. The quantitative estimate of drug-likeness (QED) is 0.729. The first-order valence-electron chi connectivity index (χ1n) is 7.09. The van der Waals surface area contributed by atoms with Gasteiger partial charge in [-0.3, -0.25) is 0 Å². The molecule has 2 atom stereocenters. The zero-order valence-corrected chi connectivity index (χ0v) is 11.5. The van der Waals surface area contributed by atoms with Gasteiger partial charge in [-0.2, -0.15) is 10.5 Å². The van der Waals surface area contributed by atoms with Gasteiger partial charge in [0.05, 0.1) is 35.3 Å². The minimum Gasteiger partial charge on any atom is -0.308 e. The van der Waals surface area contributed by atoms with E-state index < -0.39 is 0 Å². The molecule has 0 saturated carbocycles. The van der Waals surface area contributed by atoms with E-state index in [1.165, 1.54) is 0 Å². The Balaban J connectivity index is 1.74. The maximum absolute atomic E-state index is 9.08. The van der Waals surface area contributed by atoms with E-state index in [9.17, 15) is 0 Å². The third kappa shape index (κ3) is 1.73. The minimum atomic E-state index is 0.354. The Hall–Kier alpha value is -2.73. The van der Waals surface area contributed by atoms with Crippen molar-refractivity contribution in [2.45, 2.75) is 12.5 Å². The van der Waals surface area contributed by atoms with Crippen LogP contribution < -0.4 is 5.01 Å². The summed E-state index contributed by atoms with van der Waals surface area (Å²) < 4.78 is 2.06. The van der Waals surface area contributed by atoms with Crippen molar-refractivity contribution in [3.05, 3.63) is 30.1 Å². The second kappa shape index (κ2) is 4.39. The monoisotopic (exact) mass is 278 g/mol. The van der Waals surface area contributed by atoms with Crippen LogP contribution in [-0.2, 0) is 0 Å². The second-order valence-electron chi connectivity index (χ2n) is 5.69. The molecule has 0 spiro atoms. The highest BCUT2D eigenvalue weighted by molar-refractivity contribution is 5.77. The Kier molecular flexibility index (Phi) is 2.52. The zero-order valence-electron chi connectivity index (χ0n) is 11.5. The summed E-state index contributed by atoms with van der Waals surface area (Å²) in [5.41, 5.74) is 2.50. The maximum Gasteiger partial charge on any atom is 0.179 e. The van der Waals surface area contributed by atoms with Crippen LogP contribution in [0.25, 0.3) is 11.0 Å². The molecule has 3 heterocycles. The van der Waals surface area contributed by atoms with Crippen molar-refractivity contribution in [2.24, 2.45) is 5.92 Å². The van der Waals surface area contributed by atoms with E-state index in [4.69, 9.17) is 10.5 Å². The highest BCUT2D eigenvalue weighted by Crippen LogP contribution is 2.31. The molecule has 0 N–H and O–H groups in total. The summed E-state index contributed by atoms with van der Waals surface area (Å²) >= 11 is 0. The molecule has 1 aromatic carbocycles. The van der Waals surface area contributed by atoms with Gasteiger partial charge in [-0.15, -0.1) is 0 Å². The van der Waals surface area contributed by atoms with Crippen molar-refractivity contribution in [1.82, 2.24) is 14.6 Å². The van der Waals surface area contributed by atoms with Crippen LogP contribution in [0.15, 0.2) is 24.5 Å². The van der Waals surface area contributed by atoms with E-state index in [0.29, 0.717) is 17.5 Å². The van der Waals surface area contributed by atoms with Crippen molar-refractivity contribution < 1.29 is 0 Å². The molecule has 2 aliphatic heterocycles. The predicted molar refractivity (Wildman–Crippen MR) is 76.6 cm³/mol. The van der Waals surface area contributed by atoms with Gasteiger partial charge in [0, 0.05) is 19.0 Å². The maximum atomic E-state index is 9.08. The van der Waals surface area contributed by atoms with Crippen LogP contribution >= 0.6 is 0 Å². The molecule has 2 fully saturated rings. The number of nitrogens with zero attached hydrogens (tertiary/aromatic N) is 6. The Bertz CT molecular complexity index is 780. The minimum absolute atomic E-state index is 0.354. The Morgan fingerprint density at radius 1 is 1.24 bits per heavy atom. The van der Waals surface area contributed by atoms with E-state index in [0.717, 1.165) is 37.1 Å². The van der Waals surface area contributed by atoms with E-state index in [1.807, 2.05) is 23.4 Å². The first-order valence-corrected chi connectivity index (χ1v) is 7.09. The lowest BCUT2D eigenvalue weighted by atomic mass is 10.1. The van der Waals surface area contributed by atoms with Gasteiger partial charge in [0.2, 0.25) is 0 Å². The fourth-order valence-electron chi connectivity index (χ4n) is 3.56. The summed E-state index contributed by atoms with van der Waals surface area (Å²) in [5, 5.41) is 20.4. The average molecular weight is 278 g/mol. The largest absolute Gasteiger partial charge is 0.308 e. The van der Waals surface area contributed by atoms with Gasteiger partial charge < -0.3 is 9.91 Å². The number of hydrogen-bond donors (Lipinski definition) is 0. The number of benzene rings is 1. The summed E-state index contributed by atoms with van der Waals surface area (Å²) in [6.07, 6.45) is 5.17. The van der Waals surface area contributed by atoms with Gasteiger partial charge in [-0.05, 0) is 24.6 Å². The lowest BCUT2D eigenvalue weighted by Crippen LogP contribution is -2.42. The molecule has 104 valence electrons. The molecule has 2 saturated heterocycles. The SMILES string of the molecule is N#Cc1ccc2ncn(N3CC[C@@H]4CN(C#N)C[C@@H]43)c2c1. The van der Waals surface area contributed by atoms with Crippen molar-refractivity contribution in [1.29, 1.82) is 10.5 Å². The molecule has 2 aromatic rings.